The molecule has 2 N–H and O–H groups in total. The number of anilines is 1. The molecule has 2 aliphatic heterocycles. The lowest BCUT2D eigenvalue weighted by Gasteiger charge is -2.37. The number of aryl methyl sites for hydroxylation is 1. The third kappa shape index (κ3) is 2.48. The highest BCUT2D eigenvalue weighted by molar-refractivity contribution is 6.32. The van der Waals surface area contributed by atoms with Crippen molar-refractivity contribution in [1.29, 1.82) is 0 Å². The van der Waals surface area contributed by atoms with Crippen molar-refractivity contribution in [3.63, 3.8) is 0 Å². The molecule has 0 aliphatic carbocycles. The molecule has 0 radical (unpaired) electrons. The average Bonchev–Trinajstić information content (AvgIpc) is 2.49. The number of benzene rings is 1. The maximum Gasteiger partial charge on any atom is 0.236 e. The SMILES string of the molecule is CC1CC2C(=O)N(C)c3c(CCCO)cc(Cl)cc3C2=NN1. The zero-order chi connectivity index (χ0) is 15.9. The van der Waals surface area contributed by atoms with Gasteiger partial charge in [0, 0.05) is 30.3 Å². The summed E-state index contributed by atoms with van der Waals surface area (Å²) in [6.45, 7) is 2.13. The fourth-order valence-electron chi connectivity index (χ4n) is 3.29. The molecule has 118 valence electrons. The average molecular weight is 322 g/mol. The minimum absolute atomic E-state index is 0.0761. The topological polar surface area (TPSA) is 64.9 Å². The van der Waals surface area contributed by atoms with E-state index in [1.54, 1.807) is 11.9 Å². The van der Waals surface area contributed by atoms with Crippen LogP contribution in [0.3, 0.4) is 0 Å². The molecule has 0 bridgehead atoms. The number of aliphatic hydroxyl groups is 1. The quantitative estimate of drug-likeness (QED) is 0.894. The zero-order valence-electron chi connectivity index (χ0n) is 12.8. The van der Waals surface area contributed by atoms with Gasteiger partial charge in [-0.1, -0.05) is 11.6 Å². The number of aliphatic hydroxyl groups excluding tert-OH is 1. The minimum Gasteiger partial charge on any atom is -0.396 e. The van der Waals surface area contributed by atoms with E-state index in [9.17, 15) is 4.79 Å². The second-order valence-corrected chi connectivity index (χ2v) is 6.44. The fourth-order valence-corrected chi connectivity index (χ4v) is 3.53. The van der Waals surface area contributed by atoms with E-state index in [-0.39, 0.29) is 24.5 Å². The Morgan fingerprint density at radius 3 is 3.00 bits per heavy atom. The maximum atomic E-state index is 12.7. The molecule has 2 heterocycles. The number of carbonyl (C=O) groups is 1. The fraction of sp³-hybridized carbons (Fsp3) is 0.500. The molecular weight excluding hydrogens is 302 g/mol. The first-order valence-electron chi connectivity index (χ1n) is 7.57. The van der Waals surface area contributed by atoms with Crippen LogP contribution in [0.2, 0.25) is 5.02 Å². The Bertz CT molecular complexity index is 645. The van der Waals surface area contributed by atoms with Crippen molar-refractivity contribution in [2.45, 2.75) is 32.2 Å². The smallest absolute Gasteiger partial charge is 0.236 e. The van der Waals surface area contributed by atoms with Crippen LogP contribution in [0.25, 0.3) is 0 Å². The second kappa shape index (κ2) is 5.89. The van der Waals surface area contributed by atoms with E-state index in [1.165, 1.54) is 0 Å². The molecule has 5 nitrogen and oxygen atoms in total. The van der Waals surface area contributed by atoms with E-state index >= 15 is 0 Å². The van der Waals surface area contributed by atoms with Gasteiger partial charge in [-0.2, -0.15) is 5.10 Å². The van der Waals surface area contributed by atoms with Gasteiger partial charge >= 0.3 is 0 Å². The van der Waals surface area contributed by atoms with Crippen LogP contribution in [0.4, 0.5) is 5.69 Å². The van der Waals surface area contributed by atoms with Crippen molar-refractivity contribution < 1.29 is 9.90 Å². The minimum atomic E-state index is -0.210. The summed E-state index contributed by atoms with van der Waals surface area (Å²) in [4.78, 5) is 14.4. The van der Waals surface area contributed by atoms with Gasteiger partial charge in [-0.15, -0.1) is 0 Å². The summed E-state index contributed by atoms with van der Waals surface area (Å²) < 4.78 is 0. The predicted octanol–water partition coefficient (Wildman–Crippen LogP) is 1.94. The molecular formula is C16H20ClN3O2. The monoisotopic (exact) mass is 321 g/mol. The van der Waals surface area contributed by atoms with Gasteiger partial charge in [-0.3, -0.25) is 4.79 Å². The Morgan fingerprint density at radius 1 is 1.50 bits per heavy atom. The molecule has 3 rings (SSSR count). The molecule has 1 aromatic carbocycles. The number of nitrogens with zero attached hydrogens (tertiary/aromatic N) is 2. The summed E-state index contributed by atoms with van der Waals surface area (Å²) in [5, 5.41) is 14.2. The number of hydrogen-bond acceptors (Lipinski definition) is 4. The summed E-state index contributed by atoms with van der Waals surface area (Å²) in [6, 6.07) is 3.94. The number of halogens is 1. The van der Waals surface area contributed by atoms with Crippen LogP contribution in [-0.4, -0.2) is 36.4 Å². The van der Waals surface area contributed by atoms with Gasteiger partial charge in [0.25, 0.3) is 0 Å². The highest BCUT2D eigenvalue weighted by atomic mass is 35.5. The van der Waals surface area contributed by atoms with Gasteiger partial charge in [0.1, 0.15) is 0 Å². The van der Waals surface area contributed by atoms with Gasteiger partial charge in [0.2, 0.25) is 5.91 Å². The Kier molecular flexibility index (Phi) is 4.10. The molecule has 22 heavy (non-hydrogen) atoms. The van der Waals surface area contributed by atoms with Crippen molar-refractivity contribution in [2.24, 2.45) is 11.0 Å². The van der Waals surface area contributed by atoms with Crippen molar-refractivity contribution in [3.05, 3.63) is 28.3 Å². The molecule has 6 heteroatoms. The van der Waals surface area contributed by atoms with E-state index in [4.69, 9.17) is 16.7 Å². The van der Waals surface area contributed by atoms with Crippen LogP contribution in [0, 0.1) is 5.92 Å². The molecule has 2 atom stereocenters. The number of hydrazone groups is 1. The first-order chi connectivity index (χ1) is 10.5. The van der Waals surface area contributed by atoms with Gasteiger partial charge in [-0.05, 0) is 43.9 Å². The molecule has 0 saturated carbocycles. The Hall–Kier alpha value is -1.59. The van der Waals surface area contributed by atoms with Crippen LogP contribution in [0.15, 0.2) is 17.2 Å². The number of fused-ring (bicyclic) bond motifs is 3. The normalized spacial score (nSPS) is 23.5. The largest absolute Gasteiger partial charge is 0.396 e. The third-order valence-electron chi connectivity index (χ3n) is 4.32. The zero-order valence-corrected chi connectivity index (χ0v) is 13.5. The third-order valence-corrected chi connectivity index (χ3v) is 4.54. The van der Waals surface area contributed by atoms with Crippen LogP contribution < -0.4 is 10.3 Å². The lowest BCUT2D eigenvalue weighted by Crippen LogP contribution is -2.48. The van der Waals surface area contributed by atoms with E-state index in [1.807, 2.05) is 19.1 Å². The highest BCUT2D eigenvalue weighted by Crippen LogP contribution is 2.38. The molecule has 2 unspecified atom stereocenters. The van der Waals surface area contributed by atoms with Gasteiger partial charge in [0.15, 0.2) is 0 Å². The molecule has 0 aromatic heterocycles. The second-order valence-electron chi connectivity index (χ2n) is 6.00. The van der Waals surface area contributed by atoms with Gasteiger partial charge < -0.3 is 15.4 Å². The first-order valence-corrected chi connectivity index (χ1v) is 7.95. The van der Waals surface area contributed by atoms with Crippen LogP contribution >= 0.6 is 11.6 Å². The summed E-state index contributed by atoms with van der Waals surface area (Å²) in [6.07, 6.45) is 2.05. The van der Waals surface area contributed by atoms with E-state index in [2.05, 4.69) is 10.5 Å². The first kappa shape index (κ1) is 15.3. The van der Waals surface area contributed by atoms with Crippen molar-refractivity contribution in [2.75, 3.05) is 18.6 Å². The summed E-state index contributed by atoms with van der Waals surface area (Å²) in [5.74, 6) is -0.134. The van der Waals surface area contributed by atoms with Crippen molar-refractivity contribution >= 4 is 28.9 Å². The highest BCUT2D eigenvalue weighted by Gasteiger charge is 2.40. The van der Waals surface area contributed by atoms with Gasteiger partial charge in [-0.25, -0.2) is 0 Å². The summed E-state index contributed by atoms with van der Waals surface area (Å²) in [5.41, 5.74) is 6.63. The van der Waals surface area contributed by atoms with E-state index < -0.39 is 0 Å². The molecule has 0 fully saturated rings. The number of amides is 1. The van der Waals surface area contributed by atoms with Crippen molar-refractivity contribution in [3.8, 4) is 0 Å². The maximum absolute atomic E-state index is 12.7. The van der Waals surface area contributed by atoms with Gasteiger partial charge in [0.05, 0.1) is 17.3 Å². The molecule has 0 saturated heterocycles. The number of hydrogen-bond donors (Lipinski definition) is 2. The molecule has 2 aliphatic rings. The van der Waals surface area contributed by atoms with Crippen LogP contribution in [-0.2, 0) is 11.2 Å². The molecule has 0 spiro atoms. The van der Waals surface area contributed by atoms with E-state index in [0.29, 0.717) is 17.9 Å². The van der Waals surface area contributed by atoms with E-state index in [0.717, 1.165) is 28.9 Å². The van der Waals surface area contributed by atoms with Crippen molar-refractivity contribution in [1.82, 2.24) is 5.43 Å². The molecule has 1 amide bonds. The lowest BCUT2D eigenvalue weighted by atomic mass is 9.83. The standard InChI is InChI=1S/C16H20ClN3O2/c1-9-6-13-14(19-18-9)12-8-11(17)7-10(4-3-5-21)15(12)20(2)16(13)22/h7-9,13,18,21H,3-6H2,1-2H3. The number of nitrogens with one attached hydrogen (secondary N) is 1. The summed E-state index contributed by atoms with van der Waals surface area (Å²) in [7, 11) is 1.81. The molecule has 1 aromatic rings. The summed E-state index contributed by atoms with van der Waals surface area (Å²) >= 11 is 6.26. The van der Waals surface area contributed by atoms with Crippen LogP contribution in [0.1, 0.15) is 30.9 Å². The number of carbonyl (C=O) groups excluding carboxylic acids is 1. The van der Waals surface area contributed by atoms with Crippen LogP contribution in [0.5, 0.6) is 0 Å². The number of rotatable bonds is 3. The Balaban J connectivity index is 2.15. The predicted molar refractivity (Wildman–Crippen MR) is 87.5 cm³/mol. The Labute approximate surface area is 135 Å². The lowest BCUT2D eigenvalue weighted by molar-refractivity contribution is -0.120. The Morgan fingerprint density at radius 2 is 2.27 bits per heavy atom.